The highest BCUT2D eigenvalue weighted by molar-refractivity contribution is 5.79. The van der Waals surface area contributed by atoms with E-state index in [0.717, 1.165) is 42.4 Å². The Morgan fingerprint density at radius 2 is 1.86 bits per heavy atom. The van der Waals surface area contributed by atoms with Gasteiger partial charge < -0.3 is 19.8 Å². The SMILES string of the molecule is CN=C(NCCCc1ccc(OC)cc1)NCc1coc(-c2ccccc2)n1. The minimum Gasteiger partial charge on any atom is -0.497 e. The summed E-state index contributed by atoms with van der Waals surface area (Å²) in [6, 6.07) is 18.0. The van der Waals surface area contributed by atoms with Crippen LogP contribution in [-0.4, -0.2) is 31.6 Å². The standard InChI is InChI=1S/C22H26N4O2/c1-23-22(24-14-6-7-17-10-12-20(27-2)13-11-17)25-15-19-16-28-21(26-19)18-8-4-3-5-9-18/h3-5,8-13,16H,6-7,14-15H2,1-2H3,(H2,23,24,25). The zero-order valence-corrected chi connectivity index (χ0v) is 16.3. The fourth-order valence-corrected chi connectivity index (χ4v) is 2.79. The second kappa shape index (κ2) is 10.2. The molecule has 0 fully saturated rings. The molecule has 0 aliphatic carbocycles. The molecule has 0 spiro atoms. The highest BCUT2D eigenvalue weighted by Gasteiger charge is 2.07. The van der Waals surface area contributed by atoms with E-state index in [1.54, 1.807) is 20.4 Å². The molecule has 3 aromatic rings. The fourth-order valence-electron chi connectivity index (χ4n) is 2.79. The Balaban J connectivity index is 1.40. The molecule has 6 nitrogen and oxygen atoms in total. The number of guanidine groups is 1. The molecule has 28 heavy (non-hydrogen) atoms. The lowest BCUT2D eigenvalue weighted by Gasteiger charge is -2.11. The molecule has 6 heteroatoms. The van der Waals surface area contributed by atoms with Gasteiger partial charge in [-0.15, -0.1) is 0 Å². The summed E-state index contributed by atoms with van der Waals surface area (Å²) in [7, 11) is 3.44. The second-order valence-electron chi connectivity index (χ2n) is 6.31. The predicted octanol–water partition coefficient (Wildman–Crippen LogP) is 3.65. The molecule has 2 N–H and O–H groups in total. The monoisotopic (exact) mass is 378 g/mol. The molecule has 0 aliphatic heterocycles. The van der Waals surface area contributed by atoms with Gasteiger partial charge in [0.2, 0.25) is 5.89 Å². The van der Waals surface area contributed by atoms with Gasteiger partial charge in [0.15, 0.2) is 5.96 Å². The maximum absolute atomic E-state index is 5.56. The molecule has 1 heterocycles. The highest BCUT2D eigenvalue weighted by Crippen LogP contribution is 2.17. The van der Waals surface area contributed by atoms with Crippen LogP contribution in [0.15, 0.2) is 70.3 Å². The van der Waals surface area contributed by atoms with Crippen LogP contribution in [-0.2, 0) is 13.0 Å². The van der Waals surface area contributed by atoms with Crippen molar-refractivity contribution in [1.82, 2.24) is 15.6 Å². The van der Waals surface area contributed by atoms with Crippen LogP contribution >= 0.6 is 0 Å². The predicted molar refractivity (Wildman–Crippen MR) is 111 cm³/mol. The smallest absolute Gasteiger partial charge is 0.226 e. The van der Waals surface area contributed by atoms with Crippen LogP contribution < -0.4 is 15.4 Å². The zero-order chi connectivity index (χ0) is 19.6. The van der Waals surface area contributed by atoms with Crippen molar-refractivity contribution in [3.8, 4) is 17.2 Å². The number of hydrogen-bond donors (Lipinski definition) is 2. The molecular weight excluding hydrogens is 352 g/mol. The Morgan fingerprint density at radius 3 is 2.57 bits per heavy atom. The van der Waals surface area contributed by atoms with E-state index < -0.39 is 0 Å². The molecule has 0 atom stereocenters. The van der Waals surface area contributed by atoms with Gasteiger partial charge in [0.1, 0.15) is 12.0 Å². The van der Waals surface area contributed by atoms with Gasteiger partial charge in [0, 0.05) is 19.2 Å². The second-order valence-corrected chi connectivity index (χ2v) is 6.31. The van der Waals surface area contributed by atoms with Crippen molar-refractivity contribution in [1.29, 1.82) is 0 Å². The summed E-state index contributed by atoms with van der Waals surface area (Å²) in [5.41, 5.74) is 3.09. The van der Waals surface area contributed by atoms with Crippen molar-refractivity contribution in [2.75, 3.05) is 20.7 Å². The van der Waals surface area contributed by atoms with Crippen molar-refractivity contribution in [2.45, 2.75) is 19.4 Å². The number of hydrogen-bond acceptors (Lipinski definition) is 4. The minimum absolute atomic E-state index is 0.550. The summed E-state index contributed by atoms with van der Waals surface area (Å²) in [5.74, 6) is 2.26. The van der Waals surface area contributed by atoms with Crippen LogP contribution in [0.4, 0.5) is 0 Å². The molecule has 0 saturated carbocycles. The first-order valence-electron chi connectivity index (χ1n) is 9.36. The van der Waals surface area contributed by atoms with Crippen molar-refractivity contribution >= 4 is 5.96 Å². The lowest BCUT2D eigenvalue weighted by Crippen LogP contribution is -2.37. The summed E-state index contributed by atoms with van der Waals surface area (Å²) >= 11 is 0. The van der Waals surface area contributed by atoms with E-state index in [9.17, 15) is 0 Å². The number of benzene rings is 2. The molecule has 0 bridgehead atoms. The Hall–Kier alpha value is -3.28. The molecule has 0 unspecified atom stereocenters. The summed E-state index contributed by atoms with van der Waals surface area (Å²) in [4.78, 5) is 8.77. The number of rotatable bonds is 8. The maximum atomic E-state index is 5.56. The van der Waals surface area contributed by atoms with Crippen molar-refractivity contribution in [2.24, 2.45) is 4.99 Å². The third-order valence-electron chi connectivity index (χ3n) is 4.33. The Labute approximate surface area is 165 Å². The summed E-state index contributed by atoms with van der Waals surface area (Å²) in [6.07, 6.45) is 3.68. The number of nitrogens with one attached hydrogen (secondary N) is 2. The Bertz CT molecular complexity index is 873. The quantitative estimate of drug-likeness (QED) is 0.356. The van der Waals surface area contributed by atoms with E-state index >= 15 is 0 Å². The van der Waals surface area contributed by atoms with E-state index in [0.29, 0.717) is 12.4 Å². The Morgan fingerprint density at radius 1 is 1.07 bits per heavy atom. The summed E-state index contributed by atoms with van der Waals surface area (Å²) in [6.45, 7) is 1.38. The maximum Gasteiger partial charge on any atom is 0.226 e. The topological polar surface area (TPSA) is 71.7 Å². The van der Waals surface area contributed by atoms with E-state index in [4.69, 9.17) is 9.15 Å². The fraction of sp³-hybridized carbons (Fsp3) is 0.273. The first kappa shape index (κ1) is 19.5. The van der Waals surface area contributed by atoms with E-state index in [1.807, 2.05) is 42.5 Å². The number of aliphatic imine (C=N–C) groups is 1. The normalized spacial score (nSPS) is 11.3. The van der Waals surface area contributed by atoms with E-state index in [-0.39, 0.29) is 0 Å². The van der Waals surface area contributed by atoms with E-state index in [2.05, 4.69) is 32.7 Å². The molecule has 1 aromatic heterocycles. The molecule has 0 saturated heterocycles. The third-order valence-corrected chi connectivity index (χ3v) is 4.33. The van der Waals surface area contributed by atoms with Crippen molar-refractivity contribution < 1.29 is 9.15 Å². The minimum atomic E-state index is 0.550. The average Bonchev–Trinajstić information content (AvgIpc) is 3.23. The first-order chi connectivity index (χ1) is 13.8. The van der Waals surface area contributed by atoms with Crippen molar-refractivity contribution in [3.63, 3.8) is 0 Å². The molecule has 0 amide bonds. The Kier molecular flexibility index (Phi) is 7.07. The van der Waals surface area contributed by atoms with Gasteiger partial charge >= 0.3 is 0 Å². The molecular formula is C22H26N4O2. The third kappa shape index (κ3) is 5.61. The van der Waals surface area contributed by atoms with Gasteiger partial charge in [0.05, 0.1) is 19.3 Å². The van der Waals surface area contributed by atoms with Crippen LogP contribution in [0.3, 0.4) is 0 Å². The van der Waals surface area contributed by atoms with Crippen LogP contribution in [0, 0.1) is 0 Å². The van der Waals surface area contributed by atoms with Gasteiger partial charge in [0.25, 0.3) is 0 Å². The average molecular weight is 378 g/mol. The number of nitrogens with zero attached hydrogens (tertiary/aromatic N) is 2. The molecule has 0 radical (unpaired) electrons. The summed E-state index contributed by atoms with van der Waals surface area (Å²) in [5, 5.41) is 6.59. The number of oxazole rings is 1. The lowest BCUT2D eigenvalue weighted by atomic mass is 10.1. The number of methoxy groups -OCH3 is 1. The van der Waals surface area contributed by atoms with Crippen molar-refractivity contribution in [3.05, 3.63) is 72.1 Å². The number of aromatic nitrogens is 1. The van der Waals surface area contributed by atoms with Crippen LogP contribution in [0.25, 0.3) is 11.5 Å². The molecule has 146 valence electrons. The summed E-state index contributed by atoms with van der Waals surface area (Å²) < 4.78 is 10.7. The number of ether oxygens (including phenoxy) is 1. The van der Waals surface area contributed by atoms with Crippen LogP contribution in [0.2, 0.25) is 0 Å². The van der Waals surface area contributed by atoms with Gasteiger partial charge in [-0.05, 0) is 42.7 Å². The zero-order valence-electron chi connectivity index (χ0n) is 16.3. The number of aryl methyl sites for hydroxylation is 1. The van der Waals surface area contributed by atoms with E-state index in [1.165, 1.54) is 5.56 Å². The van der Waals surface area contributed by atoms with Crippen LogP contribution in [0.1, 0.15) is 17.7 Å². The van der Waals surface area contributed by atoms with Gasteiger partial charge in [-0.25, -0.2) is 4.98 Å². The van der Waals surface area contributed by atoms with Gasteiger partial charge in [-0.3, -0.25) is 4.99 Å². The van der Waals surface area contributed by atoms with Crippen LogP contribution in [0.5, 0.6) is 5.75 Å². The highest BCUT2D eigenvalue weighted by atomic mass is 16.5. The molecule has 2 aromatic carbocycles. The molecule has 0 aliphatic rings. The largest absolute Gasteiger partial charge is 0.497 e. The lowest BCUT2D eigenvalue weighted by molar-refractivity contribution is 0.414. The molecule has 3 rings (SSSR count). The van der Waals surface area contributed by atoms with Gasteiger partial charge in [-0.2, -0.15) is 0 Å². The first-order valence-corrected chi connectivity index (χ1v) is 9.36. The van der Waals surface area contributed by atoms with Gasteiger partial charge in [-0.1, -0.05) is 30.3 Å².